The molecule has 5 nitrogen and oxygen atoms in total. The largest absolute Gasteiger partial charge is 0.349 e. The van der Waals surface area contributed by atoms with E-state index in [9.17, 15) is 4.79 Å². The van der Waals surface area contributed by atoms with Crippen LogP contribution >= 0.6 is 0 Å². The predicted molar refractivity (Wildman–Crippen MR) is 89.1 cm³/mol. The minimum Gasteiger partial charge on any atom is -0.349 e. The normalized spacial score (nSPS) is 15.7. The molecule has 0 saturated carbocycles. The summed E-state index contributed by atoms with van der Waals surface area (Å²) in [7, 11) is 0. The Kier molecular flexibility index (Phi) is 4.67. The van der Waals surface area contributed by atoms with Gasteiger partial charge >= 0.3 is 0 Å². The number of carbonyl (C=O) groups is 1. The van der Waals surface area contributed by atoms with Gasteiger partial charge in [-0.1, -0.05) is 24.3 Å². The van der Waals surface area contributed by atoms with Crippen LogP contribution < -0.4 is 5.32 Å². The molecule has 1 aliphatic rings. The maximum absolute atomic E-state index is 12.1. The van der Waals surface area contributed by atoms with Crippen molar-refractivity contribution in [1.29, 1.82) is 0 Å². The molecule has 1 N–H and O–H groups in total. The van der Waals surface area contributed by atoms with Crippen LogP contribution in [-0.4, -0.2) is 39.9 Å². The van der Waals surface area contributed by atoms with Crippen molar-refractivity contribution in [2.45, 2.75) is 32.9 Å². The molecule has 0 aliphatic carbocycles. The number of rotatable bonds is 4. The highest BCUT2D eigenvalue weighted by molar-refractivity contribution is 5.91. The predicted octanol–water partition coefficient (Wildman–Crippen LogP) is 1.96. The second kappa shape index (κ2) is 6.87. The zero-order valence-electron chi connectivity index (χ0n) is 13.6. The lowest BCUT2D eigenvalue weighted by molar-refractivity contribution is 0.0927. The van der Waals surface area contributed by atoms with E-state index in [4.69, 9.17) is 0 Å². The van der Waals surface area contributed by atoms with E-state index in [0.29, 0.717) is 12.2 Å². The van der Waals surface area contributed by atoms with E-state index < -0.39 is 0 Å². The maximum atomic E-state index is 12.1. The third-order valence-electron chi connectivity index (χ3n) is 4.36. The summed E-state index contributed by atoms with van der Waals surface area (Å²) in [5.74, 6) is -0.165. The van der Waals surface area contributed by atoms with Crippen molar-refractivity contribution < 1.29 is 4.79 Å². The first kappa shape index (κ1) is 15.6. The minimum atomic E-state index is -0.165. The number of nitrogens with zero attached hydrogens (tertiary/aromatic N) is 3. The molecule has 1 amide bonds. The molecule has 1 atom stereocenters. The van der Waals surface area contributed by atoms with Gasteiger partial charge in [-0.25, -0.2) is 4.98 Å². The van der Waals surface area contributed by atoms with E-state index in [-0.39, 0.29) is 11.9 Å². The van der Waals surface area contributed by atoms with Crippen LogP contribution in [0.3, 0.4) is 0 Å². The highest BCUT2D eigenvalue weighted by Crippen LogP contribution is 2.19. The lowest BCUT2D eigenvalue weighted by Gasteiger charge is -2.33. The van der Waals surface area contributed by atoms with Crippen molar-refractivity contribution in [3.8, 4) is 0 Å². The van der Waals surface area contributed by atoms with Gasteiger partial charge in [0, 0.05) is 31.9 Å². The van der Waals surface area contributed by atoms with Gasteiger partial charge < -0.3 is 5.32 Å². The third-order valence-corrected chi connectivity index (χ3v) is 4.36. The van der Waals surface area contributed by atoms with Crippen molar-refractivity contribution in [3.63, 3.8) is 0 Å². The summed E-state index contributed by atoms with van der Waals surface area (Å²) in [6, 6.07) is 8.86. The molecule has 0 spiro atoms. The van der Waals surface area contributed by atoms with E-state index in [1.54, 1.807) is 6.20 Å². The average molecular weight is 310 g/mol. The number of hydrogen-bond donors (Lipinski definition) is 1. The molecule has 0 radical (unpaired) electrons. The molecular formula is C18H22N4O. The molecular weight excluding hydrogens is 288 g/mol. The molecule has 3 rings (SSSR count). The van der Waals surface area contributed by atoms with Crippen LogP contribution in [0.25, 0.3) is 0 Å². The summed E-state index contributed by atoms with van der Waals surface area (Å²) >= 11 is 0. The zero-order valence-corrected chi connectivity index (χ0v) is 13.6. The molecule has 1 aliphatic heterocycles. The second-order valence-corrected chi connectivity index (χ2v) is 6.09. The number of fused-ring (bicyclic) bond motifs is 1. The Hall–Kier alpha value is -2.27. The number of amides is 1. The van der Waals surface area contributed by atoms with Gasteiger partial charge in [-0.2, -0.15) is 0 Å². The Morgan fingerprint density at radius 3 is 2.78 bits per heavy atom. The molecule has 120 valence electrons. The van der Waals surface area contributed by atoms with Crippen LogP contribution in [0.1, 0.15) is 34.2 Å². The Balaban J connectivity index is 1.55. The van der Waals surface area contributed by atoms with Gasteiger partial charge in [-0.05, 0) is 31.4 Å². The smallest absolute Gasteiger partial charge is 0.271 e. The van der Waals surface area contributed by atoms with Gasteiger partial charge in [0.2, 0.25) is 0 Å². The Morgan fingerprint density at radius 2 is 2.04 bits per heavy atom. The summed E-state index contributed by atoms with van der Waals surface area (Å²) in [5.41, 5.74) is 4.00. The fourth-order valence-corrected chi connectivity index (χ4v) is 2.86. The number of aryl methyl sites for hydroxylation is 1. The first-order valence-corrected chi connectivity index (χ1v) is 8.01. The average Bonchev–Trinajstić information content (AvgIpc) is 2.59. The van der Waals surface area contributed by atoms with E-state index in [2.05, 4.69) is 51.4 Å². The van der Waals surface area contributed by atoms with Crippen LogP contribution in [0.2, 0.25) is 0 Å². The highest BCUT2D eigenvalue weighted by Gasteiger charge is 2.21. The van der Waals surface area contributed by atoms with Crippen LogP contribution in [0.4, 0.5) is 0 Å². The summed E-state index contributed by atoms with van der Waals surface area (Å²) in [6.45, 7) is 6.58. The molecule has 1 aromatic heterocycles. The molecule has 1 aromatic carbocycles. The van der Waals surface area contributed by atoms with Crippen LogP contribution in [0.15, 0.2) is 36.7 Å². The monoisotopic (exact) mass is 310 g/mol. The lowest BCUT2D eigenvalue weighted by Crippen LogP contribution is -2.44. The van der Waals surface area contributed by atoms with Gasteiger partial charge in [-0.3, -0.25) is 14.7 Å². The topological polar surface area (TPSA) is 58.1 Å². The minimum absolute atomic E-state index is 0.165. The molecule has 2 aromatic rings. The molecule has 0 fully saturated rings. The molecule has 23 heavy (non-hydrogen) atoms. The SMILES string of the molecule is Cc1cnc(C(=O)NC[C@@H](C)N2CCc3ccccc3C2)cn1. The van der Waals surface area contributed by atoms with E-state index in [1.807, 2.05) is 6.92 Å². The zero-order chi connectivity index (χ0) is 16.2. The first-order chi connectivity index (χ1) is 11.1. The maximum Gasteiger partial charge on any atom is 0.271 e. The van der Waals surface area contributed by atoms with Gasteiger partial charge in [-0.15, -0.1) is 0 Å². The second-order valence-electron chi connectivity index (χ2n) is 6.09. The Morgan fingerprint density at radius 1 is 1.26 bits per heavy atom. The van der Waals surface area contributed by atoms with Gasteiger partial charge in [0.15, 0.2) is 0 Å². The van der Waals surface area contributed by atoms with E-state index in [1.165, 1.54) is 17.3 Å². The van der Waals surface area contributed by atoms with Crippen molar-refractivity contribution >= 4 is 5.91 Å². The van der Waals surface area contributed by atoms with Crippen LogP contribution in [-0.2, 0) is 13.0 Å². The van der Waals surface area contributed by atoms with Crippen molar-refractivity contribution in [2.24, 2.45) is 0 Å². The standard InChI is InChI=1S/C18H22N4O/c1-13-9-20-17(11-19-13)18(23)21-10-14(2)22-8-7-15-5-3-4-6-16(15)12-22/h3-6,9,11,14H,7-8,10,12H2,1-2H3,(H,21,23)/t14-/m1/s1. The molecule has 0 unspecified atom stereocenters. The highest BCUT2D eigenvalue weighted by atomic mass is 16.1. The Bertz CT molecular complexity index is 684. The number of aromatic nitrogens is 2. The summed E-state index contributed by atoms with van der Waals surface area (Å²) in [5, 5.41) is 2.96. The van der Waals surface area contributed by atoms with E-state index in [0.717, 1.165) is 25.2 Å². The molecule has 2 heterocycles. The van der Waals surface area contributed by atoms with Gasteiger partial charge in [0.25, 0.3) is 5.91 Å². The number of nitrogens with one attached hydrogen (secondary N) is 1. The van der Waals surface area contributed by atoms with Crippen molar-refractivity contribution in [2.75, 3.05) is 13.1 Å². The Labute approximate surface area is 136 Å². The summed E-state index contributed by atoms with van der Waals surface area (Å²) in [4.78, 5) is 22.7. The number of hydrogen-bond acceptors (Lipinski definition) is 4. The van der Waals surface area contributed by atoms with Gasteiger partial charge in [0.1, 0.15) is 5.69 Å². The van der Waals surface area contributed by atoms with Crippen LogP contribution in [0, 0.1) is 6.92 Å². The van der Waals surface area contributed by atoms with Crippen LogP contribution in [0.5, 0.6) is 0 Å². The first-order valence-electron chi connectivity index (χ1n) is 8.01. The lowest BCUT2D eigenvalue weighted by atomic mass is 9.99. The third kappa shape index (κ3) is 3.74. The van der Waals surface area contributed by atoms with Gasteiger partial charge in [0.05, 0.1) is 11.9 Å². The fraction of sp³-hybridized carbons (Fsp3) is 0.389. The summed E-state index contributed by atoms with van der Waals surface area (Å²) in [6.07, 6.45) is 4.20. The van der Waals surface area contributed by atoms with Crippen molar-refractivity contribution in [1.82, 2.24) is 20.2 Å². The van der Waals surface area contributed by atoms with Crippen molar-refractivity contribution in [3.05, 3.63) is 59.2 Å². The molecule has 0 bridgehead atoms. The number of benzene rings is 1. The molecule has 5 heteroatoms. The fourth-order valence-electron chi connectivity index (χ4n) is 2.86. The molecule has 0 saturated heterocycles. The summed E-state index contributed by atoms with van der Waals surface area (Å²) < 4.78 is 0. The van der Waals surface area contributed by atoms with E-state index >= 15 is 0 Å². The quantitative estimate of drug-likeness (QED) is 0.938. The number of carbonyl (C=O) groups excluding carboxylic acids is 1.